The van der Waals surface area contributed by atoms with Crippen LogP contribution in [0.5, 0.6) is 0 Å². The van der Waals surface area contributed by atoms with Crippen LogP contribution < -0.4 is 0 Å². The van der Waals surface area contributed by atoms with Crippen molar-refractivity contribution in [1.82, 2.24) is 4.90 Å². The van der Waals surface area contributed by atoms with Gasteiger partial charge in [-0.15, -0.1) is 0 Å². The van der Waals surface area contributed by atoms with E-state index in [1.54, 1.807) is 0 Å². The molecule has 1 N–H and O–H groups in total. The van der Waals surface area contributed by atoms with Crippen LogP contribution in [0.2, 0.25) is 0 Å². The predicted octanol–water partition coefficient (Wildman–Crippen LogP) is 3.07. The monoisotopic (exact) mass is 249 g/mol. The van der Waals surface area contributed by atoms with Crippen LogP contribution in [0, 0.1) is 6.92 Å². The maximum atomic E-state index is 11.3. The number of nitrogens with zero attached hydrogens (tertiary/aromatic N) is 1. The van der Waals surface area contributed by atoms with Gasteiger partial charge < -0.3 is 5.11 Å². The number of unbranched alkanes of at least 4 members (excludes halogenated alkanes) is 1. The summed E-state index contributed by atoms with van der Waals surface area (Å²) in [6.45, 7) is 4.82. The number of carboxylic acid groups (broad SMARTS) is 1. The van der Waals surface area contributed by atoms with Crippen molar-refractivity contribution in [2.24, 2.45) is 0 Å². The minimum absolute atomic E-state index is 0.384. The van der Waals surface area contributed by atoms with Crippen molar-refractivity contribution >= 4 is 5.97 Å². The van der Waals surface area contributed by atoms with Crippen molar-refractivity contribution < 1.29 is 9.90 Å². The zero-order valence-electron chi connectivity index (χ0n) is 11.5. The fourth-order valence-electron chi connectivity index (χ4n) is 2.14. The molecule has 1 atom stereocenters. The van der Waals surface area contributed by atoms with Crippen LogP contribution >= 0.6 is 0 Å². The molecule has 3 nitrogen and oxygen atoms in total. The molecule has 1 aromatic carbocycles. The average molecular weight is 249 g/mol. The smallest absolute Gasteiger partial charge is 0.320 e. The van der Waals surface area contributed by atoms with Gasteiger partial charge in [-0.3, -0.25) is 9.69 Å². The van der Waals surface area contributed by atoms with Crippen LogP contribution in [-0.2, 0) is 11.3 Å². The number of carboxylic acids is 1. The lowest BCUT2D eigenvalue weighted by molar-refractivity contribution is -0.143. The Bertz CT molecular complexity index is 390. The maximum Gasteiger partial charge on any atom is 0.320 e. The third-order valence-corrected chi connectivity index (χ3v) is 3.16. The molecule has 3 heteroatoms. The minimum atomic E-state index is -0.724. The Morgan fingerprint density at radius 2 is 2.17 bits per heavy atom. The van der Waals surface area contributed by atoms with Crippen molar-refractivity contribution in [3.63, 3.8) is 0 Å². The van der Waals surface area contributed by atoms with E-state index in [-0.39, 0.29) is 6.04 Å². The Kier molecular flexibility index (Phi) is 5.86. The summed E-state index contributed by atoms with van der Waals surface area (Å²) in [6.07, 6.45) is 2.70. The molecule has 0 spiro atoms. The number of hydrogen-bond donors (Lipinski definition) is 1. The Hall–Kier alpha value is -1.35. The summed E-state index contributed by atoms with van der Waals surface area (Å²) in [7, 11) is 1.89. The quantitative estimate of drug-likeness (QED) is 0.807. The fraction of sp³-hybridized carbons (Fsp3) is 0.533. The summed E-state index contributed by atoms with van der Waals surface area (Å²) in [5, 5.41) is 9.26. The molecule has 0 amide bonds. The number of aryl methyl sites for hydroxylation is 1. The first-order valence-corrected chi connectivity index (χ1v) is 6.53. The first kappa shape index (κ1) is 14.7. The normalized spacial score (nSPS) is 12.7. The second-order valence-electron chi connectivity index (χ2n) is 4.90. The van der Waals surface area contributed by atoms with Gasteiger partial charge in [0.25, 0.3) is 0 Å². The lowest BCUT2D eigenvalue weighted by Crippen LogP contribution is -2.37. The van der Waals surface area contributed by atoms with Gasteiger partial charge in [-0.05, 0) is 26.0 Å². The molecule has 100 valence electrons. The first-order valence-electron chi connectivity index (χ1n) is 6.53. The molecule has 0 bridgehead atoms. The van der Waals surface area contributed by atoms with E-state index < -0.39 is 5.97 Å². The third-order valence-electron chi connectivity index (χ3n) is 3.16. The van der Waals surface area contributed by atoms with Gasteiger partial charge in [0, 0.05) is 6.54 Å². The SMILES string of the molecule is CCCCC(C(=O)O)N(C)Cc1cccc(C)c1. The number of benzene rings is 1. The average Bonchev–Trinajstić information content (AvgIpc) is 2.29. The number of aliphatic carboxylic acids is 1. The van der Waals surface area contributed by atoms with Crippen molar-refractivity contribution in [3.05, 3.63) is 35.4 Å². The van der Waals surface area contributed by atoms with Gasteiger partial charge >= 0.3 is 5.97 Å². The highest BCUT2D eigenvalue weighted by Crippen LogP contribution is 2.13. The van der Waals surface area contributed by atoms with E-state index in [4.69, 9.17) is 0 Å². The zero-order chi connectivity index (χ0) is 13.5. The second-order valence-corrected chi connectivity index (χ2v) is 4.90. The highest BCUT2D eigenvalue weighted by molar-refractivity contribution is 5.73. The van der Waals surface area contributed by atoms with E-state index in [1.165, 1.54) is 11.1 Å². The van der Waals surface area contributed by atoms with Gasteiger partial charge in [0.1, 0.15) is 6.04 Å². The number of likely N-dealkylation sites (N-methyl/N-ethyl adjacent to an activating group) is 1. The molecule has 0 fully saturated rings. The molecule has 0 saturated heterocycles. The van der Waals surface area contributed by atoms with E-state index in [0.717, 1.165) is 12.8 Å². The van der Waals surface area contributed by atoms with Crippen LogP contribution in [0.15, 0.2) is 24.3 Å². The minimum Gasteiger partial charge on any atom is -0.480 e. The van der Waals surface area contributed by atoms with Crippen LogP contribution in [0.1, 0.15) is 37.3 Å². The zero-order valence-corrected chi connectivity index (χ0v) is 11.5. The van der Waals surface area contributed by atoms with Crippen molar-refractivity contribution in [1.29, 1.82) is 0 Å². The Labute approximate surface area is 109 Å². The largest absolute Gasteiger partial charge is 0.480 e. The third kappa shape index (κ3) is 4.49. The van der Waals surface area contributed by atoms with Crippen LogP contribution in [-0.4, -0.2) is 29.1 Å². The Morgan fingerprint density at radius 1 is 1.44 bits per heavy atom. The van der Waals surface area contributed by atoms with E-state index in [2.05, 4.69) is 26.0 Å². The predicted molar refractivity (Wildman–Crippen MR) is 73.6 cm³/mol. The summed E-state index contributed by atoms with van der Waals surface area (Å²) in [5.41, 5.74) is 2.38. The molecule has 1 aromatic rings. The van der Waals surface area contributed by atoms with Gasteiger partial charge in [-0.2, -0.15) is 0 Å². The Balaban J connectivity index is 2.66. The van der Waals surface area contributed by atoms with Gasteiger partial charge in [-0.25, -0.2) is 0 Å². The molecule has 0 saturated carbocycles. The lowest BCUT2D eigenvalue weighted by Gasteiger charge is -2.24. The van der Waals surface area contributed by atoms with Gasteiger partial charge in [-0.1, -0.05) is 49.6 Å². The molecule has 1 rings (SSSR count). The molecular weight excluding hydrogens is 226 g/mol. The highest BCUT2D eigenvalue weighted by atomic mass is 16.4. The summed E-state index contributed by atoms with van der Waals surface area (Å²) >= 11 is 0. The fourth-order valence-corrected chi connectivity index (χ4v) is 2.14. The van der Waals surface area contributed by atoms with Gasteiger partial charge in [0.15, 0.2) is 0 Å². The van der Waals surface area contributed by atoms with Gasteiger partial charge in [0.2, 0.25) is 0 Å². The topological polar surface area (TPSA) is 40.5 Å². The molecule has 18 heavy (non-hydrogen) atoms. The molecule has 0 aliphatic carbocycles. The van der Waals surface area contributed by atoms with Crippen molar-refractivity contribution in [2.75, 3.05) is 7.05 Å². The number of rotatable bonds is 7. The van der Waals surface area contributed by atoms with E-state index in [9.17, 15) is 9.90 Å². The molecule has 0 radical (unpaired) electrons. The molecule has 0 heterocycles. The molecule has 1 unspecified atom stereocenters. The summed E-state index contributed by atoms with van der Waals surface area (Å²) in [5.74, 6) is -0.724. The molecule has 0 aliphatic rings. The molecule has 0 aromatic heterocycles. The second kappa shape index (κ2) is 7.17. The van der Waals surface area contributed by atoms with E-state index >= 15 is 0 Å². The summed E-state index contributed by atoms with van der Waals surface area (Å²) in [6, 6.07) is 7.83. The standard InChI is InChI=1S/C15H23NO2/c1-4-5-9-14(15(17)18)16(3)11-13-8-6-7-12(2)10-13/h6-8,10,14H,4-5,9,11H2,1-3H3,(H,17,18). The van der Waals surface area contributed by atoms with E-state index in [0.29, 0.717) is 13.0 Å². The summed E-state index contributed by atoms with van der Waals surface area (Å²) in [4.78, 5) is 13.2. The number of carbonyl (C=O) groups is 1. The first-order chi connectivity index (χ1) is 8.54. The van der Waals surface area contributed by atoms with Gasteiger partial charge in [0.05, 0.1) is 0 Å². The lowest BCUT2D eigenvalue weighted by atomic mass is 10.1. The Morgan fingerprint density at radius 3 is 2.72 bits per heavy atom. The molecular formula is C15H23NO2. The van der Waals surface area contributed by atoms with Crippen molar-refractivity contribution in [3.8, 4) is 0 Å². The van der Waals surface area contributed by atoms with Crippen LogP contribution in [0.3, 0.4) is 0 Å². The highest BCUT2D eigenvalue weighted by Gasteiger charge is 2.21. The molecule has 0 aliphatic heterocycles. The van der Waals surface area contributed by atoms with Crippen LogP contribution in [0.25, 0.3) is 0 Å². The number of hydrogen-bond acceptors (Lipinski definition) is 2. The maximum absolute atomic E-state index is 11.3. The van der Waals surface area contributed by atoms with E-state index in [1.807, 2.05) is 24.1 Å². The van der Waals surface area contributed by atoms with Crippen molar-refractivity contribution in [2.45, 2.75) is 45.7 Å². The summed E-state index contributed by atoms with van der Waals surface area (Å²) < 4.78 is 0. The van der Waals surface area contributed by atoms with Crippen LogP contribution in [0.4, 0.5) is 0 Å².